The third kappa shape index (κ3) is 23.5. The summed E-state index contributed by atoms with van der Waals surface area (Å²) in [6, 6.07) is 66.1. The van der Waals surface area contributed by atoms with Crippen molar-refractivity contribution in [2.45, 2.75) is 227 Å². The standard InChI is InChI=1S/4C26H32N.4CH4/c2*1-18-14-25(27(7)17-22(18)16-26(4,5)6)24-15-23(19(2)13-20(24)3)21-11-9-8-10-12-21;1-18-13-19(2)24(15-23(18)21-11-9-8-10-12-21)25-14-22(16-26(4,5)6)20(3)17-27(25)7;1-17(2)22-15-26(27(7)16-25(22)18(3)4)24-14-23(19(5)13-20(24)6)21-11-9-8-10-12-21;;;;/h3*8-15,17H,16H2,1-7H3;8-18H,1-7H3;4*1H4/q4*+1;;;;/i2D3,16D2;;;5D3,17D,18D;;;;. The number of hydrogen-bond acceptors (Lipinski definition) is 0. The van der Waals surface area contributed by atoms with Crippen molar-refractivity contribution < 1.29 is 32.0 Å². The first-order valence-corrected chi connectivity index (χ1v) is 38.4. The summed E-state index contributed by atoms with van der Waals surface area (Å²) in [6.45, 7) is 41.5. The summed E-state index contributed by atoms with van der Waals surface area (Å²) in [5.74, 6) is -1.73. The van der Waals surface area contributed by atoms with Crippen molar-refractivity contribution in [3.63, 3.8) is 0 Å². The van der Waals surface area contributed by atoms with Crippen LogP contribution in [0, 0.1) is 92.3 Å². The predicted octanol–water partition coefficient (Wildman–Crippen LogP) is 28.3. The van der Waals surface area contributed by atoms with E-state index in [1.54, 1.807) is 12.1 Å². The SMILES string of the molecule is C.C.C.C.Cc1c[n+](C)c(-c2cc(-c3ccccc3)c(C)cc2C)cc1CC(C)(C)C.Cc1cc(-c2cc(-c3ccccc3)c(C)cc2C)[n+](C)cc1CC(C)(C)C.[2H]C([2H])([2H])c1cc(C)c(-c2cc(C([2H])(C)C)c(C([2H])(C)C)c[n+]2C)cc1-c1ccccc1.[2H]C([2H])([2H])c1cc(C)c(-c2cc(C)c(C([2H])([2H])C(C)(C)C)c[n+]2C)cc1-c1ccccc1. The molecule has 112 heavy (non-hydrogen) atoms. The lowest BCUT2D eigenvalue weighted by atomic mass is 9.86. The van der Waals surface area contributed by atoms with E-state index in [2.05, 4.69) is 216 Å². The molecule has 0 spiro atoms. The molecule has 0 aliphatic carbocycles. The summed E-state index contributed by atoms with van der Waals surface area (Å²) in [7, 11) is 8.17. The van der Waals surface area contributed by atoms with Gasteiger partial charge in [0.1, 0.15) is 28.2 Å². The molecule has 0 atom stereocenters. The normalized spacial score (nSPS) is 13.1. The average molecular weight is 1510 g/mol. The minimum absolute atomic E-state index is 0. The van der Waals surface area contributed by atoms with E-state index < -0.39 is 37.3 Å². The number of nitrogens with zero attached hydrogens (tertiary/aromatic N) is 4. The number of benzene rings is 8. The van der Waals surface area contributed by atoms with Gasteiger partial charge in [-0.3, -0.25) is 0 Å². The van der Waals surface area contributed by atoms with Gasteiger partial charge < -0.3 is 0 Å². The van der Waals surface area contributed by atoms with Crippen molar-refractivity contribution in [1.29, 1.82) is 0 Å². The molecule has 592 valence electrons. The van der Waals surface area contributed by atoms with E-state index in [0.717, 1.165) is 74.3 Å². The Kier molecular flexibility index (Phi) is 27.2. The van der Waals surface area contributed by atoms with Crippen LogP contribution in [0.15, 0.2) is 219 Å². The molecule has 0 unspecified atom stereocenters. The molecule has 4 heteroatoms. The molecule has 8 aromatic carbocycles. The minimum atomic E-state index is -2.23. The second-order valence-corrected chi connectivity index (χ2v) is 34.1. The van der Waals surface area contributed by atoms with Gasteiger partial charge in [-0.15, -0.1) is 0 Å². The second-order valence-electron chi connectivity index (χ2n) is 34.1. The van der Waals surface area contributed by atoms with Crippen molar-refractivity contribution in [3.05, 3.63) is 308 Å². The Morgan fingerprint density at radius 3 is 0.893 bits per heavy atom. The van der Waals surface area contributed by atoms with E-state index in [-0.39, 0.29) is 35.1 Å². The van der Waals surface area contributed by atoms with E-state index in [1.165, 1.54) is 89.3 Å². The number of aromatic nitrogens is 4. The van der Waals surface area contributed by atoms with Crippen LogP contribution < -0.4 is 18.3 Å². The third-order valence-corrected chi connectivity index (χ3v) is 20.3. The van der Waals surface area contributed by atoms with E-state index >= 15 is 0 Å². The topological polar surface area (TPSA) is 15.5 Å². The summed E-state index contributed by atoms with van der Waals surface area (Å²) in [6.07, 6.45) is 9.08. The molecular formula is C108H144N4+4. The fourth-order valence-electron chi connectivity index (χ4n) is 14.8. The Morgan fingerprint density at radius 2 is 0.562 bits per heavy atom. The van der Waals surface area contributed by atoms with Gasteiger partial charge in [-0.25, -0.2) is 18.3 Å². The number of rotatable bonds is 13. The molecule has 0 saturated heterocycles. The monoisotopic (exact) mass is 1510 g/mol. The molecule has 12 rings (SSSR count). The summed E-state index contributed by atoms with van der Waals surface area (Å²) in [4.78, 5) is 0. The fraction of sp³-hybridized carbons (Fsp3) is 0.370. The van der Waals surface area contributed by atoms with Gasteiger partial charge >= 0.3 is 0 Å². The largest absolute Gasteiger partial charge is 0.212 e. The van der Waals surface area contributed by atoms with Gasteiger partial charge in [0.05, 0.1) is 0 Å². The van der Waals surface area contributed by atoms with Gasteiger partial charge in [-0.2, -0.15) is 0 Å². The maximum atomic E-state index is 8.71. The van der Waals surface area contributed by atoms with E-state index in [0.29, 0.717) is 33.2 Å². The van der Waals surface area contributed by atoms with Crippen molar-refractivity contribution in [2.75, 3.05) is 0 Å². The Bertz CT molecular complexity index is 5590. The molecule has 0 fully saturated rings. The first-order chi connectivity index (χ1) is 54.6. The van der Waals surface area contributed by atoms with Crippen molar-refractivity contribution >= 4 is 0 Å². The molecule has 4 heterocycles. The van der Waals surface area contributed by atoms with Crippen LogP contribution in [0.4, 0.5) is 0 Å². The van der Waals surface area contributed by atoms with Crippen LogP contribution in [0.25, 0.3) is 89.5 Å². The Hall–Kier alpha value is -9.64. The zero-order valence-electron chi connectivity index (χ0n) is 80.0. The van der Waals surface area contributed by atoms with Gasteiger partial charge in [-0.1, -0.05) is 265 Å². The maximum Gasteiger partial charge on any atom is 0.212 e. The van der Waals surface area contributed by atoms with Crippen LogP contribution in [0.2, 0.25) is 0 Å². The molecule has 12 aromatic rings. The highest BCUT2D eigenvalue weighted by atomic mass is 14.9. The average Bonchev–Trinajstić information content (AvgIpc) is 0.760. The summed E-state index contributed by atoms with van der Waals surface area (Å²) < 4.78 is 91.6. The van der Waals surface area contributed by atoms with Gasteiger partial charge in [-0.05, 0) is 259 Å². The van der Waals surface area contributed by atoms with Crippen molar-refractivity contribution in [3.8, 4) is 89.5 Å². The predicted molar refractivity (Wildman–Crippen MR) is 491 cm³/mol. The molecule has 0 saturated carbocycles. The lowest BCUT2D eigenvalue weighted by Crippen LogP contribution is -2.32. The lowest BCUT2D eigenvalue weighted by molar-refractivity contribution is -0.661. The van der Waals surface area contributed by atoms with Gasteiger partial charge in [0.15, 0.2) is 24.8 Å². The molecule has 0 radical (unpaired) electrons. The Morgan fingerprint density at radius 1 is 0.286 bits per heavy atom. The third-order valence-electron chi connectivity index (χ3n) is 20.3. The van der Waals surface area contributed by atoms with Crippen LogP contribution in [0.5, 0.6) is 0 Å². The molecular weight excluding hydrogens is 1350 g/mol. The lowest BCUT2D eigenvalue weighted by Gasteiger charge is -2.20. The second kappa shape index (κ2) is 39.2. The van der Waals surface area contributed by atoms with Crippen LogP contribution in [-0.4, -0.2) is 0 Å². The highest BCUT2D eigenvalue weighted by molar-refractivity contribution is 5.80. The summed E-state index contributed by atoms with van der Waals surface area (Å²) in [5.41, 5.74) is 33.6. The quantitative estimate of drug-likeness (QED) is 0.102. The van der Waals surface area contributed by atoms with Gasteiger partial charge in [0, 0.05) is 82.5 Å². The zero-order chi connectivity index (χ0) is 87.7. The molecule has 0 N–H and O–H groups in total. The van der Waals surface area contributed by atoms with Gasteiger partial charge in [0.2, 0.25) is 22.8 Å². The molecule has 0 amide bonds. The van der Waals surface area contributed by atoms with Crippen LogP contribution in [0.1, 0.15) is 234 Å². The Labute approximate surface area is 696 Å². The van der Waals surface area contributed by atoms with E-state index in [4.69, 9.17) is 13.7 Å². The first-order valence-electron chi connectivity index (χ1n) is 43.4. The molecule has 0 aliphatic rings. The fourth-order valence-corrected chi connectivity index (χ4v) is 14.8. The summed E-state index contributed by atoms with van der Waals surface area (Å²) in [5, 5.41) is 0. The smallest absolute Gasteiger partial charge is 0.201 e. The molecule has 4 nitrogen and oxygen atoms in total. The Balaban J connectivity index is 0.000000287. The number of pyridine rings is 4. The zero-order valence-corrected chi connectivity index (χ0v) is 70.0. The van der Waals surface area contributed by atoms with Crippen LogP contribution >= 0.6 is 0 Å². The van der Waals surface area contributed by atoms with Gasteiger partial charge in [0.25, 0.3) is 0 Å². The van der Waals surface area contributed by atoms with Crippen molar-refractivity contribution in [1.82, 2.24) is 0 Å². The highest BCUT2D eigenvalue weighted by Crippen LogP contribution is 2.39. The molecule has 0 aliphatic heterocycles. The van der Waals surface area contributed by atoms with E-state index in [1.807, 2.05) is 190 Å². The molecule has 0 bridgehead atoms. The number of hydrogen-bond donors (Lipinski definition) is 0. The summed E-state index contributed by atoms with van der Waals surface area (Å²) >= 11 is 0. The minimum Gasteiger partial charge on any atom is -0.201 e. The van der Waals surface area contributed by atoms with Crippen LogP contribution in [-0.2, 0) is 47.4 Å². The number of aryl methyl sites for hydroxylation is 15. The van der Waals surface area contributed by atoms with Crippen molar-refractivity contribution in [2.24, 2.45) is 44.4 Å². The highest BCUT2D eigenvalue weighted by Gasteiger charge is 2.27. The maximum absolute atomic E-state index is 8.71. The van der Waals surface area contributed by atoms with Crippen LogP contribution in [0.3, 0.4) is 0 Å². The first kappa shape index (κ1) is 77.7. The molecule has 4 aromatic heterocycles. The van der Waals surface area contributed by atoms with E-state index in [9.17, 15) is 0 Å².